The number of sulfone groups is 1. The number of halogens is 3. The van der Waals surface area contributed by atoms with Crippen molar-refractivity contribution in [3.8, 4) is 0 Å². The number of aryl methyl sites for hydroxylation is 1. The van der Waals surface area contributed by atoms with Crippen LogP contribution in [0.2, 0.25) is 0 Å². The average Bonchev–Trinajstić information content (AvgIpc) is 3.14. The molecule has 2 aromatic carbocycles. The van der Waals surface area contributed by atoms with Crippen LogP contribution in [0, 0.1) is 0 Å². The molecule has 0 unspecified atom stereocenters. The first-order valence-corrected chi connectivity index (χ1v) is 11.4. The summed E-state index contributed by atoms with van der Waals surface area (Å²) in [7, 11) is -2.26. The fourth-order valence-electron chi connectivity index (χ4n) is 3.42. The second kappa shape index (κ2) is 8.76. The molecule has 0 saturated carbocycles. The summed E-state index contributed by atoms with van der Waals surface area (Å²) in [6, 6.07) is 9.14. The third-order valence-corrected chi connectivity index (χ3v) is 7.19. The average molecular weight is 485 g/mol. The van der Waals surface area contributed by atoms with Crippen LogP contribution in [-0.2, 0) is 28.6 Å². The Morgan fingerprint density at radius 1 is 1.09 bits per heavy atom. The minimum absolute atomic E-state index is 0.0363. The van der Waals surface area contributed by atoms with Gasteiger partial charge < -0.3 is 20.1 Å². The van der Waals surface area contributed by atoms with Crippen LogP contribution < -0.4 is 5.32 Å². The lowest BCUT2D eigenvalue weighted by Crippen LogP contribution is -2.51. The zero-order valence-electron chi connectivity index (χ0n) is 17.7. The van der Waals surface area contributed by atoms with Crippen LogP contribution in [0.25, 0.3) is 11.0 Å². The molecule has 0 spiro atoms. The third kappa shape index (κ3) is 4.59. The number of imidazole rings is 1. The van der Waals surface area contributed by atoms with Crippen LogP contribution >= 0.6 is 0 Å². The summed E-state index contributed by atoms with van der Waals surface area (Å²) in [5, 5.41) is 22.4. The molecule has 178 valence electrons. The van der Waals surface area contributed by atoms with Gasteiger partial charge in [0.15, 0.2) is 9.84 Å². The van der Waals surface area contributed by atoms with Gasteiger partial charge in [0, 0.05) is 12.6 Å². The van der Waals surface area contributed by atoms with Crippen LogP contribution in [0.15, 0.2) is 47.4 Å². The first kappa shape index (κ1) is 24.7. The number of nitrogens with zero attached hydrogens (tertiary/aromatic N) is 2. The number of nitrogens with one attached hydrogen (secondary N) is 1. The summed E-state index contributed by atoms with van der Waals surface area (Å²) in [5.74, 6) is -2.00. The summed E-state index contributed by atoms with van der Waals surface area (Å²) in [6.07, 6.45) is -4.67. The lowest BCUT2D eigenvalue weighted by atomic mass is 9.91. The highest BCUT2D eigenvalue weighted by Gasteiger charge is 2.37. The normalized spacial score (nSPS) is 12.8. The van der Waals surface area contributed by atoms with Gasteiger partial charge in [-0.05, 0) is 35.9 Å². The second-order valence-corrected chi connectivity index (χ2v) is 9.75. The largest absolute Gasteiger partial charge is 0.449 e. The lowest BCUT2D eigenvalue weighted by molar-refractivity contribution is -0.146. The quantitative estimate of drug-likeness (QED) is 0.471. The zero-order chi connectivity index (χ0) is 24.6. The Balaban J connectivity index is 1.95. The molecule has 3 rings (SSSR count). The molecule has 12 heteroatoms. The molecule has 0 aliphatic rings. The highest BCUT2D eigenvalue weighted by molar-refractivity contribution is 7.91. The first-order chi connectivity index (χ1) is 15.4. The van der Waals surface area contributed by atoms with E-state index in [-0.39, 0.29) is 32.8 Å². The molecule has 1 heterocycles. The van der Waals surface area contributed by atoms with Gasteiger partial charge in [0.25, 0.3) is 5.91 Å². The molecular formula is C21H22F3N3O5S. The first-order valence-electron chi connectivity index (χ1n) is 9.79. The molecule has 0 bridgehead atoms. The predicted molar refractivity (Wildman–Crippen MR) is 113 cm³/mol. The third-order valence-electron chi connectivity index (χ3n) is 5.44. The Morgan fingerprint density at radius 2 is 1.70 bits per heavy atom. The molecule has 33 heavy (non-hydrogen) atoms. The Morgan fingerprint density at radius 3 is 2.21 bits per heavy atom. The SMILES string of the molecule is CCS(=O)(=O)c1ccc(C(CO)(CO)NC(=O)c2ccc3c(c2)nc(C(F)(F)F)n3C)cc1. The van der Waals surface area contributed by atoms with Crippen LogP contribution in [0.4, 0.5) is 13.2 Å². The van der Waals surface area contributed by atoms with Crippen molar-refractivity contribution in [1.29, 1.82) is 0 Å². The molecule has 0 aliphatic heterocycles. The van der Waals surface area contributed by atoms with E-state index in [9.17, 15) is 36.6 Å². The number of rotatable bonds is 7. The van der Waals surface area contributed by atoms with Gasteiger partial charge in [-0.3, -0.25) is 4.79 Å². The maximum Gasteiger partial charge on any atom is 0.449 e. The van der Waals surface area contributed by atoms with Crippen LogP contribution in [-0.4, -0.2) is 53.1 Å². The summed E-state index contributed by atoms with van der Waals surface area (Å²) < 4.78 is 64.2. The number of carbonyl (C=O) groups excluding carboxylic acids is 1. The van der Waals surface area contributed by atoms with Crippen LogP contribution in [0.5, 0.6) is 0 Å². The molecule has 3 N–H and O–H groups in total. The van der Waals surface area contributed by atoms with Gasteiger partial charge in [-0.1, -0.05) is 19.1 Å². The molecule has 8 nitrogen and oxygen atoms in total. The van der Waals surface area contributed by atoms with E-state index in [4.69, 9.17) is 0 Å². The smallest absolute Gasteiger partial charge is 0.393 e. The summed E-state index contributed by atoms with van der Waals surface area (Å²) in [5.41, 5.74) is -1.34. The minimum Gasteiger partial charge on any atom is -0.393 e. The summed E-state index contributed by atoms with van der Waals surface area (Å²) in [4.78, 5) is 16.5. The monoisotopic (exact) mass is 485 g/mol. The molecule has 0 aliphatic carbocycles. The topological polar surface area (TPSA) is 122 Å². The van der Waals surface area contributed by atoms with Crippen molar-refractivity contribution in [2.75, 3.05) is 19.0 Å². The van der Waals surface area contributed by atoms with E-state index < -0.39 is 46.5 Å². The van der Waals surface area contributed by atoms with Gasteiger partial charge in [0.2, 0.25) is 5.82 Å². The van der Waals surface area contributed by atoms with Gasteiger partial charge in [0.1, 0.15) is 5.54 Å². The van der Waals surface area contributed by atoms with Crippen molar-refractivity contribution in [3.63, 3.8) is 0 Å². The number of alkyl halides is 3. The van der Waals surface area contributed by atoms with Crippen LogP contribution in [0.1, 0.15) is 28.7 Å². The van der Waals surface area contributed by atoms with Gasteiger partial charge in [-0.15, -0.1) is 0 Å². The fraction of sp³-hybridized carbons (Fsp3) is 0.333. The standard InChI is InChI=1S/C21H22F3N3O5S/c1-3-33(31,32)15-7-5-14(6-8-15)20(11-28,12-29)26-18(30)13-4-9-17-16(10-13)25-19(27(17)2)21(22,23)24/h4-10,28-29H,3,11-12H2,1-2H3,(H,26,30). The van der Waals surface area contributed by atoms with E-state index >= 15 is 0 Å². The fourth-order valence-corrected chi connectivity index (χ4v) is 4.30. The Labute approximate surface area is 187 Å². The Kier molecular flexibility index (Phi) is 6.55. The van der Waals surface area contributed by atoms with Gasteiger partial charge in [-0.2, -0.15) is 13.2 Å². The maximum absolute atomic E-state index is 13.1. The van der Waals surface area contributed by atoms with Crippen molar-refractivity contribution in [3.05, 3.63) is 59.4 Å². The van der Waals surface area contributed by atoms with E-state index in [1.54, 1.807) is 0 Å². The molecule has 0 radical (unpaired) electrons. The summed E-state index contributed by atoms with van der Waals surface area (Å²) >= 11 is 0. The highest BCUT2D eigenvalue weighted by atomic mass is 32.2. The summed E-state index contributed by atoms with van der Waals surface area (Å²) in [6.45, 7) is 0.0453. The van der Waals surface area contributed by atoms with E-state index in [0.717, 1.165) is 4.57 Å². The molecule has 3 aromatic rings. The van der Waals surface area contributed by atoms with Crippen molar-refractivity contribution in [2.45, 2.75) is 23.5 Å². The zero-order valence-corrected chi connectivity index (χ0v) is 18.5. The number of aliphatic hydroxyl groups is 2. The van der Waals surface area contributed by atoms with E-state index in [1.165, 1.54) is 56.4 Å². The molecule has 0 atom stereocenters. The van der Waals surface area contributed by atoms with E-state index in [1.807, 2.05) is 0 Å². The van der Waals surface area contributed by atoms with E-state index in [0.29, 0.717) is 0 Å². The van der Waals surface area contributed by atoms with Gasteiger partial charge in [-0.25, -0.2) is 13.4 Å². The number of amides is 1. The number of carbonyl (C=O) groups is 1. The predicted octanol–water partition coefficient (Wildman–Crippen LogP) is 2.00. The number of aromatic nitrogens is 2. The minimum atomic E-state index is -4.67. The molecule has 1 amide bonds. The van der Waals surface area contributed by atoms with Gasteiger partial charge in [0.05, 0.1) is 34.9 Å². The molecule has 0 saturated heterocycles. The molecule has 1 aromatic heterocycles. The molecule has 0 fully saturated rings. The Bertz CT molecular complexity index is 1280. The van der Waals surface area contributed by atoms with E-state index in [2.05, 4.69) is 10.3 Å². The number of hydrogen-bond acceptors (Lipinski definition) is 6. The Hall–Kier alpha value is -2.96. The van der Waals surface area contributed by atoms with Crippen molar-refractivity contribution in [2.24, 2.45) is 7.05 Å². The number of benzene rings is 2. The van der Waals surface area contributed by atoms with Crippen molar-refractivity contribution < 1.29 is 36.6 Å². The lowest BCUT2D eigenvalue weighted by Gasteiger charge is -2.31. The van der Waals surface area contributed by atoms with Crippen molar-refractivity contribution in [1.82, 2.24) is 14.9 Å². The van der Waals surface area contributed by atoms with Crippen LogP contribution in [0.3, 0.4) is 0 Å². The highest BCUT2D eigenvalue weighted by Crippen LogP contribution is 2.31. The number of fused-ring (bicyclic) bond motifs is 1. The number of aliphatic hydroxyl groups excluding tert-OH is 2. The number of hydrogen-bond donors (Lipinski definition) is 3. The molecular weight excluding hydrogens is 463 g/mol. The maximum atomic E-state index is 13.1. The van der Waals surface area contributed by atoms with Gasteiger partial charge >= 0.3 is 6.18 Å². The van der Waals surface area contributed by atoms with Crippen molar-refractivity contribution >= 4 is 26.8 Å². The second-order valence-electron chi connectivity index (χ2n) is 7.48.